The van der Waals surface area contributed by atoms with Gasteiger partial charge in [0.1, 0.15) is 16.9 Å². The molecular formula is C10H12N4O3S. The van der Waals surface area contributed by atoms with Crippen LogP contribution in [0.25, 0.3) is 0 Å². The van der Waals surface area contributed by atoms with Crippen LogP contribution in [0.3, 0.4) is 0 Å². The fraction of sp³-hybridized carbons (Fsp3) is 0.300. The molecule has 2 aromatic heterocycles. The number of carbonyl (C=O) groups is 1. The lowest BCUT2D eigenvalue weighted by atomic mass is 10.0. The minimum atomic E-state index is -1.26. The number of amides is 2. The second-order valence-corrected chi connectivity index (χ2v) is 4.64. The summed E-state index contributed by atoms with van der Waals surface area (Å²) < 4.78 is 5.09. The number of nitrogens with zero attached hydrogens (tertiary/aromatic N) is 2. The van der Waals surface area contributed by atoms with Gasteiger partial charge in [-0.05, 0) is 19.1 Å². The van der Waals surface area contributed by atoms with E-state index in [1.54, 1.807) is 19.1 Å². The molecule has 2 heterocycles. The van der Waals surface area contributed by atoms with Crippen molar-refractivity contribution in [1.82, 2.24) is 15.5 Å². The van der Waals surface area contributed by atoms with Crippen LogP contribution in [-0.2, 0) is 5.60 Å². The Hall–Kier alpha value is -1.93. The van der Waals surface area contributed by atoms with Crippen LogP contribution in [0.4, 0.5) is 9.93 Å². The zero-order chi connectivity index (χ0) is 13.0. The summed E-state index contributed by atoms with van der Waals surface area (Å²) in [5.74, 6) is 0.388. The zero-order valence-electron chi connectivity index (χ0n) is 9.58. The van der Waals surface area contributed by atoms with Crippen molar-refractivity contribution >= 4 is 22.5 Å². The number of aromatic nitrogens is 2. The summed E-state index contributed by atoms with van der Waals surface area (Å²) in [6.07, 6.45) is 1.46. The molecule has 0 aliphatic rings. The van der Waals surface area contributed by atoms with Crippen LogP contribution in [0, 0.1) is 0 Å². The normalized spacial score (nSPS) is 13.9. The predicted octanol–water partition coefficient (Wildman–Crippen LogP) is 1.16. The Bertz CT molecular complexity index is 495. The lowest BCUT2D eigenvalue weighted by molar-refractivity contribution is 0.0372. The topological polar surface area (TPSA) is 100 Å². The highest BCUT2D eigenvalue weighted by molar-refractivity contribution is 7.13. The summed E-state index contributed by atoms with van der Waals surface area (Å²) in [7, 11) is 0. The van der Waals surface area contributed by atoms with E-state index >= 15 is 0 Å². The first-order valence-electron chi connectivity index (χ1n) is 5.15. The monoisotopic (exact) mass is 268 g/mol. The Labute approximate surface area is 107 Å². The second-order valence-electron chi connectivity index (χ2n) is 3.80. The van der Waals surface area contributed by atoms with E-state index in [1.165, 1.54) is 23.1 Å². The molecule has 96 valence electrons. The smallest absolute Gasteiger partial charge is 0.321 e. The number of aliphatic hydroxyl groups is 1. The van der Waals surface area contributed by atoms with Crippen LogP contribution in [0.1, 0.15) is 12.7 Å². The number of carbonyl (C=O) groups excluding carboxylic acids is 1. The molecule has 0 bridgehead atoms. The van der Waals surface area contributed by atoms with E-state index in [1.807, 2.05) is 0 Å². The third-order valence-electron chi connectivity index (χ3n) is 2.23. The molecule has 0 aromatic carbocycles. The number of urea groups is 1. The van der Waals surface area contributed by atoms with Crippen LogP contribution in [0.5, 0.6) is 0 Å². The quantitative estimate of drug-likeness (QED) is 0.772. The molecule has 0 spiro atoms. The number of furan rings is 1. The predicted molar refractivity (Wildman–Crippen MR) is 65.2 cm³/mol. The van der Waals surface area contributed by atoms with Crippen molar-refractivity contribution in [2.24, 2.45) is 0 Å². The first-order valence-corrected chi connectivity index (χ1v) is 6.03. The molecule has 18 heavy (non-hydrogen) atoms. The summed E-state index contributed by atoms with van der Waals surface area (Å²) in [6, 6.07) is 2.86. The van der Waals surface area contributed by atoms with Gasteiger partial charge in [-0.15, -0.1) is 10.2 Å². The van der Waals surface area contributed by atoms with E-state index in [2.05, 4.69) is 20.8 Å². The minimum Gasteiger partial charge on any atom is -0.466 e. The largest absolute Gasteiger partial charge is 0.466 e. The maximum Gasteiger partial charge on any atom is 0.321 e. The molecule has 3 N–H and O–H groups in total. The lowest BCUT2D eigenvalue weighted by Gasteiger charge is -2.20. The third-order valence-corrected chi connectivity index (χ3v) is 2.83. The number of anilines is 1. The molecule has 1 atom stereocenters. The number of hydrogen-bond acceptors (Lipinski definition) is 6. The first-order chi connectivity index (χ1) is 8.58. The van der Waals surface area contributed by atoms with Crippen molar-refractivity contribution in [2.45, 2.75) is 12.5 Å². The number of hydrogen-bond donors (Lipinski definition) is 3. The summed E-state index contributed by atoms with van der Waals surface area (Å²) in [6.45, 7) is 1.57. The summed E-state index contributed by atoms with van der Waals surface area (Å²) in [5, 5.41) is 22.8. The van der Waals surface area contributed by atoms with E-state index in [9.17, 15) is 9.90 Å². The summed E-state index contributed by atoms with van der Waals surface area (Å²) >= 11 is 1.21. The van der Waals surface area contributed by atoms with E-state index in [0.29, 0.717) is 10.9 Å². The molecule has 0 saturated carbocycles. The van der Waals surface area contributed by atoms with Crippen molar-refractivity contribution in [3.63, 3.8) is 0 Å². The average Bonchev–Trinajstić information content (AvgIpc) is 2.99. The highest BCUT2D eigenvalue weighted by Crippen LogP contribution is 2.19. The molecule has 2 aromatic rings. The number of nitrogens with one attached hydrogen (secondary N) is 2. The molecule has 0 aliphatic heterocycles. The van der Waals surface area contributed by atoms with Gasteiger partial charge in [-0.3, -0.25) is 5.32 Å². The summed E-state index contributed by atoms with van der Waals surface area (Å²) in [4.78, 5) is 11.5. The Morgan fingerprint density at radius 3 is 3.11 bits per heavy atom. The standard InChI is InChI=1S/C10H12N4O3S/c1-10(16,7-3-2-4-17-7)5-11-8(15)13-9-14-12-6-18-9/h2-4,6,16H,5H2,1H3,(H2,11,13,14,15). The van der Waals surface area contributed by atoms with Gasteiger partial charge in [-0.1, -0.05) is 11.3 Å². The van der Waals surface area contributed by atoms with E-state index < -0.39 is 11.6 Å². The van der Waals surface area contributed by atoms with Crippen LogP contribution < -0.4 is 10.6 Å². The van der Waals surface area contributed by atoms with Crippen LogP contribution in [0.15, 0.2) is 28.3 Å². The van der Waals surface area contributed by atoms with Gasteiger partial charge in [0.05, 0.1) is 12.8 Å². The molecule has 0 aliphatic carbocycles. The van der Waals surface area contributed by atoms with Crippen LogP contribution in [-0.4, -0.2) is 27.9 Å². The zero-order valence-corrected chi connectivity index (χ0v) is 10.4. The highest BCUT2D eigenvalue weighted by Gasteiger charge is 2.26. The maximum absolute atomic E-state index is 11.5. The Kier molecular flexibility index (Phi) is 3.58. The van der Waals surface area contributed by atoms with Gasteiger partial charge in [0.15, 0.2) is 0 Å². The molecule has 2 amide bonds. The molecular weight excluding hydrogens is 256 g/mol. The molecule has 0 fully saturated rings. The van der Waals surface area contributed by atoms with Crippen LogP contribution in [0.2, 0.25) is 0 Å². The molecule has 8 heteroatoms. The van der Waals surface area contributed by atoms with E-state index in [4.69, 9.17) is 4.42 Å². The van der Waals surface area contributed by atoms with Gasteiger partial charge in [0, 0.05) is 0 Å². The fourth-order valence-corrected chi connectivity index (χ4v) is 1.73. The van der Waals surface area contributed by atoms with Gasteiger partial charge in [0.25, 0.3) is 0 Å². The molecule has 1 unspecified atom stereocenters. The molecule has 0 saturated heterocycles. The molecule has 2 rings (SSSR count). The third kappa shape index (κ3) is 3.05. The van der Waals surface area contributed by atoms with Gasteiger partial charge in [-0.25, -0.2) is 4.79 Å². The van der Waals surface area contributed by atoms with Gasteiger partial charge in [-0.2, -0.15) is 0 Å². The Morgan fingerprint density at radius 2 is 2.50 bits per heavy atom. The average molecular weight is 268 g/mol. The van der Waals surface area contributed by atoms with Crippen molar-refractivity contribution in [3.05, 3.63) is 29.7 Å². The van der Waals surface area contributed by atoms with Crippen molar-refractivity contribution in [1.29, 1.82) is 0 Å². The van der Waals surface area contributed by atoms with E-state index in [-0.39, 0.29) is 6.54 Å². The van der Waals surface area contributed by atoms with Crippen molar-refractivity contribution in [2.75, 3.05) is 11.9 Å². The lowest BCUT2D eigenvalue weighted by Crippen LogP contribution is -2.40. The maximum atomic E-state index is 11.5. The summed E-state index contributed by atoms with van der Waals surface area (Å²) in [5.41, 5.74) is 0.247. The molecule has 7 nitrogen and oxygen atoms in total. The van der Waals surface area contributed by atoms with Crippen molar-refractivity contribution < 1.29 is 14.3 Å². The van der Waals surface area contributed by atoms with Gasteiger partial charge >= 0.3 is 6.03 Å². The van der Waals surface area contributed by atoms with Gasteiger partial charge < -0.3 is 14.8 Å². The number of rotatable bonds is 4. The minimum absolute atomic E-state index is 0.0190. The van der Waals surface area contributed by atoms with E-state index in [0.717, 1.165) is 0 Å². The highest BCUT2D eigenvalue weighted by atomic mass is 32.1. The second kappa shape index (κ2) is 5.15. The Morgan fingerprint density at radius 1 is 1.67 bits per heavy atom. The SMILES string of the molecule is CC(O)(CNC(=O)Nc1nncs1)c1ccco1. The first kappa shape index (κ1) is 12.5. The van der Waals surface area contributed by atoms with Crippen LogP contribution >= 0.6 is 11.3 Å². The Balaban J connectivity index is 1.86. The molecule has 0 radical (unpaired) electrons. The van der Waals surface area contributed by atoms with Gasteiger partial charge in [0.2, 0.25) is 5.13 Å². The van der Waals surface area contributed by atoms with Crippen molar-refractivity contribution in [3.8, 4) is 0 Å². The fourth-order valence-electron chi connectivity index (χ4n) is 1.29.